The van der Waals surface area contributed by atoms with Gasteiger partial charge in [-0.1, -0.05) is 6.92 Å². The van der Waals surface area contributed by atoms with Crippen LogP contribution in [0, 0.1) is 0 Å². The second-order valence-corrected chi connectivity index (χ2v) is 5.58. The predicted octanol–water partition coefficient (Wildman–Crippen LogP) is 1.70. The summed E-state index contributed by atoms with van der Waals surface area (Å²) in [5, 5.41) is 9.07. The average Bonchev–Trinajstić information content (AvgIpc) is 2.78. The molecule has 0 saturated heterocycles. The lowest BCUT2D eigenvalue weighted by molar-refractivity contribution is 0.0695. The van der Waals surface area contributed by atoms with Crippen molar-refractivity contribution in [3.8, 4) is 11.4 Å². The Kier molecular flexibility index (Phi) is 4.51. The van der Waals surface area contributed by atoms with Crippen molar-refractivity contribution < 1.29 is 9.90 Å². The highest BCUT2D eigenvalue weighted by atomic mass is 16.4. The van der Waals surface area contributed by atoms with E-state index in [1.54, 1.807) is 0 Å². The van der Waals surface area contributed by atoms with E-state index in [4.69, 9.17) is 5.11 Å². The van der Waals surface area contributed by atoms with Gasteiger partial charge in [0.15, 0.2) is 0 Å². The number of aromatic nitrogens is 2. The molecule has 0 spiro atoms. The van der Waals surface area contributed by atoms with E-state index in [1.807, 2.05) is 44.8 Å². The number of aryl methyl sites for hydroxylation is 1. The first-order chi connectivity index (χ1) is 10.3. The van der Waals surface area contributed by atoms with Crippen LogP contribution in [0.25, 0.3) is 11.4 Å². The van der Waals surface area contributed by atoms with Gasteiger partial charge in [0.1, 0.15) is 5.56 Å². The number of pyridine rings is 1. The fourth-order valence-corrected chi connectivity index (χ4v) is 2.53. The summed E-state index contributed by atoms with van der Waals surface area (Å²) in [7, 11) is 5.93. The maximum Gasteiger partial charge on any atom is 0.341 e. The first-order valence-corrected chi connectivity index (χ1v) is 7.14. The highest BCUT2D eigenvalue weighted by Gasteiger charge is 2.16. The predicted molar refractivity (Wildman–Crippen MR) is 85.2 cm³/mol. The number of hydrogen-bond donors (Lipinski definition) is 2. The molecule has 2 aromatic heterocycles. The summed E-state index contributed by atoms with van der Waals surface area (Å²) in [6.07, 6.45) is 0.639. The Bertz CT molecular complexity index is 756. The molecule has 118 valence electrons. The van der Waals surface area contributed by atoms with Gasteiger partial charge in [-0.3, -0.25) is 4.79 Å². The summed E-state index contributed by atoms with van der Waals surface area (Å²) in [6.45, 7) is 2.72. The zero-order chi connectivity index (χ0) is 16.4. The number of aromatic carboxylic acids is 1. The van der Waals surface area contributed by atoms with Crippen LogP contribution in [0.15, 0.2) is 23.0 Å². The molecule has 2 rings (SSSR count). The van der Waals surface area contributed by atoms with E-state index in [-0.39, 0.29) is 5.56 Å². The summed E-state index contributed by atoms with van der Waals surface area (Å²) < 4.78 is 2.02. The van der Waals surface area contributed by atoms with Crippen molar-refractivity contribution >= 4 is 5.97 Å². The number of carboxylic acid groups (broad SMARTS) is 1. The molecule has 22 heavy (non-hydrogen) atoms. The molecule has 0 saturated carbocycles. The van der Waals surface area contributed by atoms with Crippen molar-refractivity contribution in [3.05, 3.63) is 45.4 Å². The highest BCUT2D eigenvalue weighted by molar-refractivity contribution is 5.88. The van der Waals surface area contributed by atoms with Crippen LogP contribution in [-0.4, -0.2) is 39.6 Å². The molecule has 0 unspecified atom stereocenters. The maximum atomic E-state index is 12.0. The molecule has 0 aliphatic heterocycles. The smallest absolute Gasteiger partial charge is 0.341 e. The van der Waals surface area contributed by atoms with Gasteiger partial charge in [-0.15, -0.1) is 0 Å². The van der Waals surface area contributed by atoms with Crippen LogP contribution < -0.4 is 5.56 Å². The number of carboxylic acids is 1. The van der Waals surface area contributed by atoms with E-state index >= 15 is 0 Å². The largest absolute Gasteiger partial charge is 0.477 e. The van der Waals surface area contributed by atoms with Crippen LogP contribution in [0.1, 0.15) is 28.5 Å². The third-order valence-corrected chi connectivity index (χ3v) is 3.69. The molecular formula is C16H21N3O3. The molecule has 6 nitrogen and oxygen atoms in total. The summed E-state index contributed by atoms with van der Waals surface area (Å²) in [4.78, 5) is 27.9. The molecule has 6 heteroatoms. The van der Waals surface area contributed by atoms with Crippen LogP contribution in [-0.2, 0) is 20.0 Å². The Labute approximate surface area is 129 Å². The van der Waals surface area contributed by atoms with Crippen molar-refractivity contribution in [2.24, 2.45) is 7.05 Å². The zero-order valence-corrected chi connectivity index (χ0v) is 13.3. The number of H-pyrrole nitrogens is 1. The van der Waals surface area contributed by atoms with E-state index in [9.17, 15) is 9.59 Å². The summed E-state index contributed by atoms with van der Waals surface area (Å²) >= 11 is 0. The number of hydrogen-bond acceptors (Lipinski definition) is 3. The number of rotatable bonds is 5. The Hall–Kier alpha value is -2.34. The van der Waals surface area contributed by atoms with Crippen molar-refractivity contribution in [1.29, 1.82) is 0 Å². The van der Waals surface area contributed by atoms with Gasteiger partial charge in [0, 0.05) is 19.3 Å². The standard InChI is InChI=1S/C16H21N3O3/c1-5-10-8-12(16(21)22)15(20)17-14(10)13-7-6-11(19(13)4)9-18(2)3/h6-8H,5,9H2,1-4H3,(H,17,20)(H,21,22). The molecule has 2 N–H and O–H groups in total. The van der Waals surface area contributed by atoms with E-state index in [1.165, 1.54) is 6.07 Å². The van der Waals surface area contributed by atoms with Crippen molar-refractivity contribution in [3.63, 3.8) is 0 Å². The maximum absolute atomic E-state index is 12.0. The van der Waals surface area contributed by atoms with Gasteiger partial charge in [-0.05, 0) is 44.3 Å². The van der Waals surface area contributed by atoms with Crippen LogP contribution in [0.4, 0.5) is 0 Å². The number of aromatic amines is 1. The molecule has 0 aliphatic carbocycles. The molecule has 2 aromatic rings. The van der Waals surface area contributed by atoms with Gasteiger partial charge in [0.05, 0.1) is 11.4 Å². The molecule has 0 bridgehead atoms. The number of nitrogens with one attached hydrogen (secondary N) is 1. The first-order valence-electron chi connectivity index (χ1n) is 7.14. The van der Waals surface area contributed by atoms with Crippen LogP contribution >= 0.6 is 0 Å². The quantitative estimate of drug-likeness (QED) is 0.881. The van der Waals surface area contributed by atoms with Gasteiger partial charge in [0.25, 0.3) is 5.56 Å². The fraction of sp³-hybridized carbons (Fsp3) is 0.375. The fourth-order valence-electron chi connectivity index (χ4n) is 2.53. The Morgan fingerprint density at radius 1 is 1.36 bits per heavy atom. The van der Waals surface area contributed by atoms with Crippen molar-refractivity contribution in [2.45, 2.75) is 19.9 Å². The molecule has 0 aliphatic rings. The van der Waals surface area contributed by atoms with E-state index < -0.39 is 11.5 Å². The van der Waals surface area contributed by atoms with Gasteiger partial charge in [0.2, 0.25) is 0 Å². The normalized spacial score (nSPS) is 11.1. The van der Waals surface area contributed by atoms with Crippen molar-refractivity contribution in [1.82, 2.24) is 14.5 Å². The summed E-state index contributed by atoms with van der Waals surface area (Å²) in [5.74, 6) is -1.21. The third kappa shape index (κ3) is 2.96. The Morgan fingerprint density at radius 3 is 2.59 bits per heavy atom. The second kappa shape index (κ2) is 6.19. The number of carbonyl (C=O) groups is 1. The minimum atomic E-state index is -1.21. The summed E-state index contributed by atoms with van der Waals surface area (Å²) in [6, 6.07) is 5.43. The first kappa shape index (κ1) is 16.0. The lowest BCUT2D eigenvalue weighted by Gasteiger charge is -2.14. The highest BCUT2D eigenvalue weighted by Crippen LogP contribution is 2.24. The van der Waals surface area contributed by atoms with Gasteiger partial charge in [-0.2, -0.15) is 0 Å². The van der Waals surface area contributed by atoms with Crippen LogP contribution in [0.5, 0.6) is 0 Å². The molecule has 0 fully saturated rings. The molecule has 2 heterocycles. The van der Waals surface area contributed by atoms with E-state index in [0.717, 1.165) is 23.5 Å². The molecular weight excluding hydrogens is 282 g/mol. The van der Waals surface area contributed by atoms with Gasteiger partial charge < -0.3 is 19.6 Å². The van der Waals surface area contributed by atoms with Gasteiger partial charge in [-0.25, -0.2) is 4.79 Å². The third-order valence-electron chi connectivity index (χ3n) is 3.69. The molecule has 0 aromatic carbocycles. The zero-order valence-electron chi connectivity index (χ0n) is 13.3. The van der Waals surface area contributed by atoms with E-state index in [0.29, 0.717) is 12.1 Å². The van der Waals surface area contributed by atoms with Crippen LogP contribution in [0.2, 0.25) is 0 Å². The minimum Gasteiger partial charge on any atom is -0.477 e. The topological polar surface area (TPSA) is 78.3 Å². The van der Waals surface area contributed by atoms with Crippen molar-refractivity contribution in [2.75, 3.05) is 14.1 Å². The average molecular weight is 303 g/mol. The lowest BCUT2D eigenvalue weighted by atomic mass is 10.1. The van der Waals surface area contributed by atoms with Gasteiger partial charge >= 0.3 is 5.97 Å². The SMILES string of the molecule is CCc1cc(C(=O)O)c(=O)[nH]c1-c1ccc(CN(C)C)n1C. The minimum absolute atomic E-state index is 0.219. The Balaban J connectivity index is 2.58. The second-order valence-electron chi connectivity index (χ2n) is 5.58. The lowest BCUT2D eigenvalue weighted by Crippen LogP contribution is -2.20. The van der Waals surface area contributed by atoms with Crippen LogP contribution in [0.3, 0.4) is 0 Å². The monoisotopic (exact) mass is 303 g/mol. The number of nitrogens with zero attached hydrogens (tertiary/aromatic N) is 2. The van der Waals surface area contributed by atoms with E-state index in [2.05, 4.69) is 9.88 Å². The molecule has 0 atom stereocenters. The summed E-state index contributed by atoms with van der Waals surface area (Å²) in [5.41, 5.74) is 2.70. The molecule has 0 amide bonds. The Morgan fingerprint density at radius 2 is 2.05 bits per heavy atom. The molecule has 0 radical (unpaired) electrons.